The number of ketones is 1. The maximum absolute atomic E-state index is 14.8. The van der Waals surface area contributed by atoms with Crippen molar-refractivity contribution in [3.63, 3.8) is 0 Å². The van der Waals surface area contributed by atoms with Gasteiger partial charge in [-0.15, -0.1) is 0 Å². The molecule has 408 valence electrons. The number of aromatic hydroxyl groups is 3. The summed E-state index contributed by atoms with van der Waals surface area (Å²) in [6.45, 7) is 16.0. The highest BCUT2D eigenvalue weighted by Gasteiger charge is 2.50. The summed E-state index contributed by atoms with van der Waals surface area (Å²) in [6, 6.07) is 7.53. The zero-order valence-corrected chi connectivity index (χ0v) is 44.1. The van der Waals surface area contributed by atoms with Gasteiger partial charge in [0.2, 0.25) is 0 Å². The number of carbonyl (C=O) groups excluding carboxylic acids is 3. The molecule has 0 spiro atoms. The number of methoxy groups -OCH3 is 1. The number of aliphatic hydroxyl groups is 2. The number of nitro groups is 1. The number of carbonyl (C=O) groups is 3. The number of ether oxygens (including phenoxy) is 6. The van der Waals surface area contributed by atoms with Crippen molar-refractivity contribution in [1.29, 1.82) is 0 Å². The van der Waals surface area contributed by atoms with Gasteiger partial charge in [0.25, 0.3) is 11.7 Å². The maximum atomic E-state index is 14.8. The number of phenols is 3. The molecule has 1 amide bonds. The van der Waals surface area contributed by atoms with E-state index < -0.39 is 99.3 Å². The first-order valence-electron chi connectivity index (χ1n) is 25.1. The van der Waals surface area contributed by atoms with Crippen molar-refractivity contribution in [2.24, 2.45) is 23.7 Å². The molecule has 0 saturated carbocycles. The number of aromatic nitrogens is 2. The minimum absolute atomic E-state index is 0.0239. The van der Waals surface area contributed by atoms with Crippen molar-refractivity contribution >= 4 is 51.3 Å². The molecule has 4 aromatic rings. The fraction of sp³-hybridized carbons (Fsp3) is 0.481. The molecule has 9 rings (SSSR count). The van der Waals surface area contributed by atoms with Crippen LogP contribution in [-0.2, 0) is 30.3 Å². The monoisotopic (exact) mass is 1050 g/mol. The molecular formula is C54H66N6O16. The summed E-state index contributed by atoms with van der Waals surface area (Å²) in [5.74, 6) is -8.27. The summed E-state index contributed by atoms with van der Waals surface area (Å²) < 4.78 is 37.4. The topological polar surface area (TPSA) is 287 Å². The van der Waals surface area contributed by atoms with Crippen LogP contribution >= 0.6 is 0 Å². The number of aliphatic hydroxyl groups excluding tert-OH is 2. The lowest BCUT2D eigenvalue weighted by Crippen LogP contribution is -2.46. The Balaban J connectivity index is 1.12. The van der Waals surface area contributed by atoms with Gasteiger partial charge in [-0.1, -0.05) is 45.9 Å². The number of phenolic OH excluding ortho intramolecular Hbond substituents is 3. The van der Waals surface area contributed by atoms with Crippen LogP contribution in [0.2, 0.25) is 0 Å². The Morgan fingerprint density at radius 1 is 0.908 bits per heavy atom. The minimum Gasteiger partial charge on any atom is -0.507 e. The molecule has 76 heavy (non-hydrogen) atoms. The first-order chi connectivity index (χ1) is 35.9. The SMILES string of the molecule is CO[C@H]1/C=C/O[C@@]2(C)Oc3c(C)c(O)c4c(O)c(c(N5CCN(c6ccc(OCC7(C)Cn8cc([N+](=O)[O-])nc8O7)cc6)CC5)c(O)c4c3C2=O)NC(=O)/C(C)=C\C=C\[C@H](C)[C@H](O)[C@@H](C)[C@@H](O)[C@@H](C)[C@H](OC(C)=O)[C@@H]1C. The highest BCUT2D eigenvalue weighted by atomic mass is 16.7. The Labute approximate surface area is 438 Å². The molecule has 6 heterocycles. The Morgan fingerprint density at radius 3 is 2.21 bits per heavy atom. The number of Topliss-reactive ketones (excluding diaryl/α,β-unsaturated/α-hetero) is 1. The van der Waals surface area contributed by atoms with E-state index in [0.717, 1.165) is 5.69 Å². The quantitative estimate of drug-likeness (QED) is 0.0365. The predicted molar refractivity (Wildman–Crippen MR) is 278 cm³/mol. The van der Waals surface area contributed by atoms with Crippen molar-refractivity contribution in [2.45, 2.75) is 105 Å². The second kappa shape index (κ2) is 21.2. The zero-order valence-electron chi connectivity index (χ0n) is 44.1. The number of nitrogens with zero attached hydrogens (tertiary/aromatic N) is 5. The van der Waals surface area contributed by atoms with Crippen molar-refractivity contribution in [3.8, 4) is 34.8 Å². The van der Waals surface area contributed by atoms with Crippen LogP contribution in [0.15, 0.2) is 66.6 Å². The second-order valence-corrected chi connectivity index (χ2v) is 20.6. The van der Waals surface area contributed by atoms with E-state index in [2.05, 4.69) is 15.2 Å². The van der Waals surface area contributed by atoms with E-state index in [-0.39, 0.29) is 76.1 Å². The van der Waals surface area contributed by atoms with E-state index in [0.29, 0.717) is 25.4 Å². The van der Waals surface area contributed by atoms with Gasteiger partial charge in [0, 0.05) is 98.0 Å². The molecular weight excluding hydrogens is 989 g/mol. The van der Waals surface area contributed by atoms with Crippen LogP contribution in [-0.4, -0.2) is 133 Å². The number of amides is 1. The van der Waals surface area contributed by atoms with Gasteiger partial charge in [-0.05, 0) is 56.0 Å². The summed E-state index contributed by atoms with van der Waals surface area (Å²) in [4.78, 5) is 59.7. The molecule has 1 saturated heterocycles. The van der Waals surface area contributed by atoms with Crippen molar-refractivity contribution < 1.29 is 73.3 Å². The van der Waals surface area contributed by atoms with E-state index in [4.69, 9.17) is 28.4 Å². The lowest BCUT2D eigenvalue weighted by Gasteiger charge is -2.38. The lowest BCUT2D eigenvalue weighted by molar-refractivity contribution is -0.389. The number of esters is 1. The average Bonchev–Trinajstić information content (AvgIpc) is 4.10. The van der Waals surface area contributed by atoms with Crippen LogP contribution in [0.4, 0.5) is 22.9 Å². The summed E-state index contributed by atoms with van der Waals surface area (Å²) >= 11 is 0. The lowest BCUT2D eigenvalue weighted by atomic mass is 9.78. The predicted octanol–water partition coefficient (Wildman–Crippen LogP) is 6.42. The van der Waals surface area contributed by atoms with Gasteiger partial charge in [0.15, 0.2) is 11.4 Å². The third kappa shape index (κ3) is 10.3. The van der Waals surface area contributed by atoms with Crippen molar-refractivity contribution in [3.05, 3.63) is 87.8 Å². The number of hydrogen-bond donors (Lipinski definition) is 6. The second-order valence-electron chi connectivity index (χ2n) is 20.6. The molecule has 1 aromatic heterocycles. The zero-order chi connectivity index (χ0) is 55.3. The molecule has 5 aliphatic rings. The molecule has 22 nitrogen and oxygen atoms in total. The number of nitrogens with one attached hydrogen (secondary N) is 1. The number of benzene rings is 3. The van der Waals surface area contributed by atoms with E-state index >= 15 is 0 Å². The third-order valence-corrected chi connectivity index (χ3v) is 15.1. The Hall–Kier alpha value is -7.56. The van der Waals surface area contributed by atoms with Gasteiger partial charge in [-0.3, -0.25) is 19.0 Å². The number of anilines is 3. The van der Waals surface area contributed by atoms with Gasteiger partial charge < -0.3 is 79.2 Å². The molecule has 1 fully saturated rings. The van der Waals surface area contributed by atoms with Crippen LogP contribution in [0.5, 0.6) is 34.8 Å². The number of imidazole rings is 1. The maximum Gasteiger partial charge on any atom is 0.415 e. The number of piperazine rings is 1. The van der Waals surface area contributed by atoms with Gasteiger partial charge in [0.1, 0.15) is 53.3 Å². The van der Waals surface area contributed by atoms with E-state index in [9.17, 15) is 50.0 Å². The fourth-order valence-corrected chi connectivity index (χ4v) is 10.5. The third-order valence-electron chi connectivity index (χ3n) is 15.1. The van der Waals surface area contributed by atoms with Gasteiger partial charge in [-0.2, -0.15) is 0 Å². The molecule has 10 atom stereocenters. The van der Waals surface area contributed by atoms with Crippen LogP contribution in [0.1, 0.15) is 71.3 Å². The van der Waals surface area contributed by atoms with Crippen LogP contribution in [0.25, 0.3) is 10.8 Å². The summed E-state index contributed by atoms with van der Waals surface area (Å²) in [5, 5.41) is 73.2. The number of allylic oxidation sites excluding steroid dienone is 2. The first kappa shape index (κ1) is 54.7. The Bertz CT molecular complexity index is 2990. The van der Waals surface area contributed by atoms with Gasteiger partial charge in [0.05, 0.1) is 42.1 Å². The first-order valence-corrected chi connectivity index (χ1v) is 25.1. The summed E-state index contributed by atoms with van der Waals surface area (Å²) in [5.41, 5.74) is -0.210. The molecule has 5 aliphatic heterocycles. The average molecular weight is 1060 g/mol. The van der Waals surface area contributed by atoms with Crippen LogP contribution in [0.3, 0.4) is 0 Å². The minimum atomic E-state index is -2.09. The largest absolute Gasteiger partial charge is 0.507 e. The molecule has 5 bridgehead atoms. The molecule has 0 radical (unpaired) electrons. The van der Waals surface area contributed by atoms with Gasteiger partial charge in [-0.25, -0.2) is 0 Å². The smallest absolute Gasteiger partial charge is 0.415 e. The number of fused-ring (bicyclic) bond motifs is 15. The summed E-state index contributed by atoms with van der Waals surface area (Å²) in [7, 11) is 1.43. The Kier molecular flexibility index (Phi) is 15.3. The fourth-order valence-electron chi connectivity index (χ4n) is 10.5. The van der Waals surface area contributed by atoms with E-state index in [1.807, 2.05) is 19.1 Å². The number of rotatable bonds is 8. The molecule has 3 aromatic carbocycles. The van der Waals surface area contributed by atoms with Crippen LogP contribution < -0.4 is 29.3 Å². The number of hydrogen-bond acceptors (Lipinski definition) is 19. The molecule has 0 aliphatic carbocycles. The van der Waals surface area contributed by atoms with E-state index in [1.54, 1.807) is 61.4 Å². The molecule has 6 N–H and O–H groups in total. The normalized spacial score (nSPS) is 29.7. The highest BCUT2D eigenvalue weighted by molar-refractivity contribution is 6.23. The Morgan fingerprint density at radius 2 is 1.58 bits per heavy atom. The van der Waals surface area contributed by atoms with E-state index in [1.165, 1.54) is 59.4 Å². The highest BCUT2D eigenvalue weighted by Crippen LogP contribution is 2.58. The van der Waals surface area contributed by atoms with Gasteiger partial charge >= 0.3 is 23.6 Å². The molecule has 22 heteroatoms. The molecule has 1 unspecified atom stereocenters. The van der Waals surface area contributed by atoms with Crippen molar-refractivity contribution in [2.75, 3.05) is 55.0 Å². The van der Waals surface area contributed by atoms with Crippen molar-refractivity contribution in [1.82, 2.24) is 9.55 Å². The standard InChI is InChI=1S/C54H66N6O16/c1-27-12-11-13-28(2)51(68)56-41-42(58-21-19-57(20-22-58)34-14-16-35(17-15-34)72-26-53(8)25-59-24-37(60(69)70)55-52(59)76-53)47(66)38-39(46(41)65)45(64)32(6)49-40(38)50(67)54(9,75-49)73-23-18-36(71-10)29(3)48(74-33(7)61)31(5)44(63)30(4)43(27)62/h11-18,23-24,27,29-31,36,43-44,48,62-66H,19-22,25-26H2,1-10H3,(H,56,68)/b12-11+,23-18+,28-13-/t27-,29+,30+,31+,36-,43-,44+,48+,53?,54-/m0/s1. The summed E-state index contributed by atoms with van der Waals surface area (Å²) in [6.07, 6.45) is 4.78. The van der Waals surface area contributed by atoms with Crippen LogP contribution in [0, 0.1) is 40.7 Å².